The van der Waals surface area contributed by atoms with Gasteiger partial charge in [-0.25, -0.2) is 9.59 Å². The molecule has 24 heavy (non-hydrogen) atoms. The fourth-order valence-corrected chi connectivity index (χ4v) is 2.53. The zero-order chi connectivity index (χ0) is 18.6. The second-order valence-electron chi connectivity index (χ2n) is 6.17. The Morgan fingerprint density at radius 2 is 1.25 bits per heavy atom. The van der Waals surface area contributed by atoms with Crippen molar-refractivity contribution in [1.29, 1.82) is 0 Å². The first-order valence-corrected chi connectivity index (χ1v) is 8.68. The van der Waals surface area contributed by atoms with Crippen LogP contribution in [0, 0.1) is 0 Å². The highest BCUT2D eigenvalue weighted by Crippen LogP contribution is 2.18. The zero-order valence-corrected chi connectivity index (χ0v) is 14.4. The summed E-state index contributed by atoms with van der Waals surface area (Å²) in [5.74, 6) is -5.17. The molecule has 2 atom stereocenters. The molecular weight excluding hydrogens is 316 g/mol. The third-order valence-electron chi connectivity index (χ3n) is 4.14. The molecule has 0 aliphatic carbocycles. The Morgan fingerprint density at radius 3 is 1.62 bits per heavy atom. The number of rotatable bonds is 15. The van der Waals surface area contributed by atoms with Gasteiger partial charge >= 0.3 is 11.9 Å². The largest absolute Gasteiger partial charge is 0.479 e. The molecule has 0 heterocycles. The van der Waals surface area contributed by atoms with Crippen molar-refractivity contribution in [3.8, 4) is 0 Å². The second kappa shape index (κ2) is 12.0. The van der Waals surface area contributed by atoms with Crippen molar-refractivity contribution < 1.29 is 34.8 Å². The Hall–Kier alpha value is -1.47. The molecule has 0 aromatic carbocycles. The molecule has 0 spiro atoms. The van der Waals surface area contributed by atoms with Gasteiger partial charge in [-0.05, 0) is 6.42 Å². The summed E-state index contributed by atoms with van der Waals surface area (Å²) in [7, 11) is 0. The lowest BCUT2D eigenvalue weighted by Crippen LogP contribution is -2.58. The Kier molecular flexibility index (Phi) is 11.2. The molecule has 7 heteroatoms. The quantitative estimate of drug-likeness (QED) is 0.264. The molecule has 0 radical (unpaired) electrons. The Labute approximate surface area is 142 Å². The van der Waals surface area contributed by atoms with Crippen LogP contribution in [0.25, 0.3) is 0 Å². The monoisotopic (exact) mass is 346 g/mol. The Bertz CT molecular complexity index is 408. The van der Waals surface area contributed by atoms with Gasteiger partial charge in [0.2, 0.25) is 0 Å². The maximum Gasteiger partial charge on any atom is 0.347 e. The molecule has 140 valence electrons. The lowest BCUT2D eigenvalue weighted by atomic mass is 9.88. The van der Waals surface area contributed by atoms with Gasteiger partial charge in [0, 0.05) is 6.42 Å². The number of aliphatic hydroxyl groups is 2. The molecule has 0 rings (SSSR count). The average Bonchev–Trinajstić information content (AvgIpc) is 2.54. The van der Waals surface area contributed by atoms with E-state index >= 15 is 0 Å². The molecule has 7 nitrogen and oxygen atoms in total. The summed E-state index contributed by atoms with van der Waals surface area (Å²) >= 11 is 0. The van der Waals surface area contributed by atoms with Gasteiger partial charge in [0.1, 0.15) is 0 Å². The highest BCUT2D eigenvalue weighted by atomic mass is 16.4. The Balaban J connectivity index is 4.03. The number of carbonyl (C=O) groups excluding carboxylic acids is 1. The molecule has 0 aliphatic heterocycles. The fourth-order valence-electron chi connectivity index (χ4n) is 2.53. The van der Waals surface area contributed by atoms with Crippen LogP contribution in [0.4, 0.5) is 0 Å². The third kappa shape index (κ3) is 7.40. The van der Waals surface area contributed by atoms with Crippen LogP contribution in [0.5, 0.6) is 0 Å². The number of ketones is 1. The molecule has 2 unspecified atom stereocenters. The van der Waals surface area contributed by atoms with Crippen molar-refractivity contribution >= 4 is 17.7 Å². The van der Waals surface area contributed by atoms with E-state index in [1.165, 1.54) is 32.1 Å². The van der Waals surface area contributed by atoms with Gasteiger partial charge in [-0.3, -0.25) is 4.79 Å². The van der Waals surface area contributed by atoms with Crippen LogP contribution >= 0.6 is 0 Å². The van der Waals surface area contributed by atoms with Gasteiger partial charge in [0.15, 0.2) is 11.9 Å². The van der Waals surface area contributed by atoms with Crippen molar-refractivity contribution in [2.45, 2.75) is 89.3 Å². The topological polar surface area (TPSA) is 132 Å². The second-order valence-corrected chi connectivity index (χ2v) is 6.17. The van der Waals surface area contributed by atoms with Crippen LogP contribution in [0.2, 0.25) is 0 Å². The number of hydrogen-bond donors (Lipinski definition) is 4. The maximum atomic E-state index is 11.8. The van der Waals surface area contributed by atoms with Crippen molar-refractivity contribution in [3.05, 3.63) is 0 Å². The fraction of sp³-hybridized carbons (Fsp3) is 0.824. The van der Waals surface area contributed by atoms with E-state index in [1.54, 1.807) is 0 Å². The normalized spacial score (nSPS) is 14.8. The maximum absolute atomic E-state index is 11.8. The molecular formula is C17H30O7. The Morgan fingerprint density at radius 1 is 0.833 bits per heavy atom. The summed E-state index contributed by atoms with van der Waals surface area (Å²) in [6.45, 7) is 2.17. The van der Waals surface area contributed by atoms with Gasteiger partial charge in [-0.1, -0.05) is 64.7 Å². The van der Waals surface area contributed by atoms with Crippen LogP contribution in [0.1, 0.15) is 77.6 Å². The van der Waals surface area contributed by atoms with E-state index < -0.39 is 29.4 Å². The number of aliphatic carboxylic acids is 2. The molecule has 0 saturated carbocycles. The molecule has 0 aromatic rings. The predicted molar refractivity (Wildman–Crippen MR) is 87.7 cm³/mol. The first kappa shape index (κ1) is 22.5. The number of hydrogen-bond acceptors (Lipinski definition) is 5. The lowest BCUT2D eigenvalue weighted by molar-refractivity contribution is -0.186. The summed E-state index contributed by atoms with van der Waals surface area (Å²) in [6.07, 6.45) is 7.29. The highest BCUT2D eigenvalue weighted by Gasteiger charge is 2.53. The summed E-state index contributed by atoms with van der Waals surface area (Å²) in [5.41, 5.74) is -3.29. The highest BCUT2D eigenvalue weighted by molar-refractivity contribution is 6.10. The average molecular weight is 346 g/mol. The van der Waals surface area contributed by atoms with Crippen LogP contribution in [0.3, 0.4) is 0 Å². The van der Waals surface area contributed by atoms with E-state index in [0.29, 0.717) is 12.8 Å². The number of Topliss-reactive ketones (excluding diaryl/α,β-unsaturated/α-hetero) is 1. The van der Waals surface area contributed by atoms with Crippen molar-refractivity contribution in [1.82, 2.24) is 0 Å². The van der Waals surface area contributed by atoms with E-state index in [4.69, 9.17) is 10.2 Å². The standard InChI is InChI=1S/C17H30O7/c1-2-3-4-5-6-7-8-9-10-11-12-13(18)17(24,16(22)23)14(19)15(20)21/h14,19,24H,2-12H2,1H3,(H,20,21)(H,22,23). The third-order valence-corrected chi connectivity index (χ3v) is 4.14. The summed E-state index contributed by atoms with van der Waals surface area (Å²) in [4.78, 5) is 33.5. The smallest absolute Gasteiger partial charge is 0.347 e. The van der Waals surface area contributed by atoms with Crippen molar-refractivity contribution in [2.24, 2.45) is 0 Å². The van der Waals surface area contributed by atoms with Crippen LogP contribution in [0.15, 0.2) is 0 Å². The van der Waals surface area contributed by atoms with Gasteiger partial charge in [0.25, 0.3) is 5.60 Å². The first-order chi connectivity index (χ1) is 11.3. The van der Waals surface area contributed by atoms with E-state index in [9.17, 15) is 24.6 Å². The van der Waals surface area contributed by atoms with Crippen molar-refractivity contribution in [3.63, 3.8) is 0 Å². The molecule has 0 saturated heterocycles. The molecule has 0 bridgehead atoms. The minimum absolute atomic E-state index is 0.274. The van der Waals surface area contributed by atoms with Gasteiger partial charge in [-0.2, -0.15) is 0 Å². The molecule has 0 amide bonds. The van der Waals surface area contributed by atoms with Crippen LogP contribution in [-0.2, 0) is 14.4 Å². The SMILES string of the molecule is CCCCCCCCCCCCC(=O)C(O)(C(=O)O)C(O)C(=O)O. The van der Waals surface area contributed by atoms with E-state index in [-0.39, 0.29) is 6.42 Å². The summed E-state index contributed by atoms with van der Waals surface area (Å²) in [6, 6.07) is 0. The van der Waals surface area contributed by atoms with Gasteiger partial charge in [0.05, 0.1) is 0 Å². The van der Waals surface area contributed by atoms with Gasteiger partial charge in [-0.15, -0.1) is 0 Å². The molecule has 4 N–H and O–H groups in total. The van der Waals surface area contributed by atoms with E-state index in [0.717, 1.165) is 19.3 Å². The minimum Gasteiger partial charge on any atom is -0.479 e. The van der Waals surface area contributed by atoms with Crippen LogP contribution < -0.4 is 0 Å². The van der Waals surface area contributed by atoms with E-state index in [2.05, 4.69) is 6.92 Å². The molecule has 0 aromatic heterocycles. The molecule has 0 aliphatic rings. The zero-order valence-electron chi connectivity index (χ0n) is 14.4. The van der Waals surface area contributed by atoms with Crippen molar-refractivity contribution in [2.75, 3.05) is 0 Å². The molecule has 0 fully saturated rings. The number of unbranched alkanes of at least 4 members (excludes halogenated alkanes) is 9. The number of aliphatic hydroxyl groups excluding tert-OH is 1. The lowest BCUT2D eigenvalue weighted by Gasteiger charge is -2.24. The number of carboxylic acid groups (broad SMARTS) is 2. The summed E-state index contributed by atoms with van der Waals surface area (Å²) in [5, 5.41) is 36.6. The van der Waals surface area contributed by atoms with Crippen LogP contribution in [-0.4, -0.2) is 49.9 Å². The first-order valence-electron chi connectivity index (χ1n) is 8.68. The van der Waals surface area contributed by atoms with Gasteiger partial charge < -0.3 is 20.4 Å². The number of carbonyl (C=O) groups is 3. The predicted octanol–water partition coefficient (Wildman–Crippen LogP) is 2.13. The summed E-state index contributed by atoms with van der Waals surface area (Å²) < 4.78 is 0. The van der Waals surface area contributed by atoms with E-state index in [1.807, 2.05) is 0 Å². The minimum atomic E-state index is -3.29. The number of carboxylic acids is 2.